The van der Waals surface area contributed by atoms with Crippen LogP contribution in [0.4, 0.5) is 0 Å². The van der Waals surface area contributed by atoms with E-state index in [0.29, 0.717) is 6.61 Å². The van der Waals surface area contributed by atoms with E-state index in [2.05, 4.69) is 60.7 Å². The van der Waals surface area contributed by atoms with E-state index < -0.39 is 0 Å². The highest BCUT2D eigenvalue weighted by Gasteiger charge is 2.08. The van der Waals surface area contributed by atoms with Gasteiger partial charge in [0.15, 0.2) is 0 Å². The zero-order chi connectivity index (χ0) is 14.4. The molecule has 22 heavy (non-hydrogen) atoms. The Bertz CT molecular complexity index is 561. The molecule has 1 N–H and O–H groups in total. The zero-order valence-corrected chi connectivity index (χ0v) is 14.9. The van der Waals surface area contributed by atoms with Crippen LogP contribution in [0.15, 0.2) is 36.4 Å². The average Bonchev–Trinajstić information content (AvgIpc) is 2.45. The lowest BCUT2D eigenvalue weighted by Crippen LogP contribution is -3.00. The second-order valence-electron chi connectivity index (χ2n) is 5.18. The molecule has 124 valence electrons. The normalized spacial score (nSPS) is 10.2. The van der Waals surface area contributed by atoms with E-state index in [9.17, 15) is 0 Å². The van der Waals surface area contributed by atoms with Crippen molar-refractivity contribution in [2.24, 2.45) is 0 Å². The summed E-state index contributed by atoms with van der Waals surface area (Å²) in [5.41, 5.74) is 1.25. The SMILES string of the molecule is CCOc1ccc2ccccc2c1CNCCN(C)C.[Cl-].[Cl-]. The van der Waals surface area contributed by atoms with Crippen molar-refractivity contribution in [3.63, 3.8) is 0 Å². The smallest absolute Gasteiger partial charge is 0.124 e. The predicted octanol–water partition coefficient (Wildman–Crippen LogP) is -3.10. The van der Waals surface area contributed by atoms with Crippen molar-refractivity contribution in [2.75, 3.05) is 33.8 Å². The third-order valence-electron chi connectivity index (χ3n) is 3.34. The number of ether oxygens (including phenoxy) is 1. The van der Waals surface area contributed by atoms with Crippen molar-refractivity contribution in [1.82, 2.24) is 10.2 Å². The number of benzene rings is 2. The van der Waals surface area contributed by atoms with E-state index in [4.69, 9.17) is 4.74 Å². The molecule has 0 aliphatic carbocycles. The average molecular weight is 343 g/mol. The second kappa shape index (κ2) is 10.7. The van der Waals surface area contributed by atoms with E-state index in [1.807, 2.05) is 6.92 Å². The Kier molecular flexibility index (Phi) is 10.2. The van der Waals surface area contributed by atoms with E-state index >= 15 is 0 Å². The number of hydrogen-bond acceptors (Lipinski definition) is 3. The number of likely N-dealkylation sites (N-methyl/N-ethyl adjacent to an activating group) is 1. The molecule has 5 heteroatoms. The lowest BCUT2D eigenvalue weighted by molar-refractivity contribution is -0.001000. The zero-order valence-electron chi connectivity index (χ0n) is 13.4. The molecule has 0 radical (unpaired) electrons. The van der Waals surface area contributed by atoms with E-state index in [1.54, 1.807) is 0 Å². The fourth-order valence-corrected chi connectivity index (χ4v) is 2.31. The van der Waals surface area contributed by atoms with Gasteiger partial charge in [0.25, 0.3) is 0 Å². The Morgan fingerprint density at radius 3 is 2.45 bits per heavy atom. The molecule has 0 aliphatic rings. The van der Waals surface area contributed by atoms with Gasteiger partial charge in [0, 0.05) is 25.2 Å². The molecule has 2 rings (SSSR count). The summed E-state index contributed by atoms with van der Waals surface area (Å²) in [4.78, 5) is 2.18. The van der Waals surface area contributed by atoms with Crippen molar-refractivity contribution in [3.8, 4) is 5.75 Å². The minimum atomic E-state index is 0. The van der Waals surface area contributed by atoms with Gasteiger partial charge in [0.05, 0.1) is 6.61 Å². The molecule has 0 fully saturated rings. The van der Waals surface area contributed by atoms with Gasteiger partial charge in [0.2, 0.25) is 0 Å². The van der Waals surface area contributed by atoms with Crippen molar-refractivity contribution in [1.29, 1.82) is 0 Å². The summed E-state index contributed by atoms with van der Waals surface area (Å²) < 4.78 is 5.77. The molecule has 0 aromatic heterocycles. The summed E-state index contributed by atoms with van der Waals surface area (Å²) in [5.74, 6) is 0.989. The third kappa shape index (κ3) is 5.65. The Morgan fingerprint density at radius 1 is 1.05 bits per heavy atom. The molecular weight excluding hydrogens is 319 g/mol. The molecule has 0 aliphatic heterocycles. The summed E-state index contributed by atoms with van der Waals surface area (Å²) in [6.45, 7) is 5.57. The Hall–Kier alpha value is -1.00. The molecule has 0 heterocycles. The third-order valence-corrected chi connectivity index (χ3v) is 3.34. The Labute approximate surface area is 145 Å². The lowest BCUT2D eigenvalue weighted by Gasteiger charge is -2.15. The molecule has 2 aromatic carbocycles. The van der Waals surface area contributed by atoms with Crippen molar-refractivity contribution in [2.45, 2.75) is 13.5 Å². The first-order valence-electron chi connectivity index (χ1n) is 7.21. The molecule has 3 nitrogen and oxygen atoms in total. The van der Waals surface area contributed by atoms with Gasteiger partial charge >= 0.3 is 0 Å². The van der Waals surface area contributed by atoms with Crippen LogP contribution in [0.3, 0.4) is 0 Å². The van der Waals surface area contributed by atoms with Crippen LogP contribution in [0.25, 0.3) is 10.8 Å². The molecule has 0 unspecified atom stereocenters. The van der Waals surface area contributed by atoms with Crippen LogP contribution < -0.4 is 34.9 Å². The van der Waals surface area contributed by atoms with Crippen LogP contribution in [0.5, 0.6) is 5.75 Å². The highest BCUT2D eigenvalue weighted by atomic mass is 35.5. The summed E-state index contributed by atoms with van der Waals surface area (Å²) in [6, 6.07) is 12.7. The van der Waals surface area contributed by atoms with Crippen LogP contribution in [-0.4, -0.2) is 38.7 Å². The molecule has 0 bridgehead atoms. The first-order chi connectivity index (χ1) is 9.72. The van der Waals surface area contributed by atoms with E-state index in [-0.39, 0.29) is 24.8 Å². The summed E-state index contributed by atoms with van der Waals surface area (Å²) >= 11 is 0. The molecule has 0 spiro atoms. The molecule has 0 atom stereocenters. The second-order valence-corrected chi connectivity index (χ2v) is 5.18. The van der Waals surface area contributed by atoms with Crippen LogP contribution in [0.2, 0.25) is 0 Å². The van der Waals surface area contributed by atoms with Crippen molar-refractivity contribution < 1.29 is 29.6 Å². The number of nitrogens with one attached hydrogen (secondary N) is 1. The first-order valence-corrected chi connectivity index (χ1v) is 7.21. The van der Waals surface area contributed by atoms with Crippen LogP contribution in [0.1, 0.15) is 12.5 Å². The standard InChI is InChI=1S/C17H24N2O.2ClH/c1-4-20-17-10-9-14-7-5-6-8-15(14)16(17)13-18-11-12-19(2)3;;/h5-10,18H,4,11-13H2,1-3H3;2*1H/p-2. The number of nitrogens with zero attached hydrogens (tertiary/aromatic N) is 1. The number of fused-ring (bicyclic) bond motifs is 1. The molecule has 0 amide bonds. The molecular formula is C17H24Cl2N2O-2. The van der Waals surface area contributed by atoms with Gasteiger partial charge in [0.1, 0.15) is 5.75 Å². The fourth-order valence-electron chi connectivity index (χ4n) is 2.31. The van der Waals surface area contributed by atoms with Gasteiger partial charge in [-0.15, -0.1) is 0 Å². The van der Waals surface area contributed by atoms with Gasteiger partial charge in [-0.1, -0.05) is 30.3 Å². The van der Waals surface area contributed by atoms with Crippen molar-refractivity contribution in [3.05, 3.63) is 42.0 Å². The van der Waals surface area contributed by atoms with Crippen LogP contribution in [0, 0.1) is 0 Å². The van der Waals surface area contributed by atoms with Crippen LogP contribution >= 0.6 is 0 Å². The first kappa shape index (κ1) is 21.0. The number of rotatable bonds is 7. The van der Waals surface area contributed by atoms with Gasteiger partial charge in [-0.25, -0.2) is 0 Å². The number of hydrogen-bond donors (Lipinski definition) is 1. The fraction of sp³-hybridized carbons (Fsp3) is 0.412. The largest absolute Gasteiger partial charge is 1.00 e. The minimum absolute atomic E-state index is 0. The van der Waals surface area contributed by atoms with Gasteiger partial charge in [-0.05, 0) is 37.9 Å². The highest BCUT2D eigenvalue weighted by Crippen LogP contribution is 2.28. The summed E-state index contributed by atoms with van der Waals surface area (Å²) in [5, 5.41) is 6.04. The Balaban J connectivity index is 0.00000220. The number of halogens is 2. The molecule has 0 saturated carbocycles. The van der Waals surface area contributed by atoms with Crippen LogP contribution in [-0.2, 0) is 6.54 Å². The summed E-state index contributed by atoms with van der Waals surface area (Å²) in [6.07, 6.45) is 0. The maximum Gasteiger partial charge on any atom is 0.124 e. The molecule has 2 aromatic rings. The van der Waals surface area contributed by atoms with E-state index in [0.717, 1.165) is 25.4 Å². The highest BCUT2D eigenvalue weighted by molar-refractivity contribution is 5.87. The van der Waals surface area contributed by atoms with E-state index in [1.165, 1.54) is 16.3 Å². The monoisotopic (exact) mass is 342 g/mol. The van der Waals surface area contributed by atoms with Gasteiger partial charge in [-0.3, -0.25) is 0 Å². The summed E-state index contributed by atoms with van der Waals surface area (Å²) in [7, 11) is 4.18. The van der Waals surface area contributed by atoms with Gasteiger partial charge in [-0.2, -0.15) is 0 Å². The minimum Gasteiger partial charge on any atom is -1.00 e. The van der Waals surface area contributed by atoms with Crippen molar-refractivity contribution >= 4 is 10.8 Å². The predicted molar refractivity (Wildman–Crippen MR) is 85.4 cm³/mol. The quantitative estimate of drug-likeness (QED) is 0.539. The van der Waals surface area contributed by atoms with Gasteiger partial charge < -0.3 is 39.8 Å². The Morgan fingerprint density at radius 2 is 1.77 bits per heavy atom. The maximum atomic E-state index is 5.77. The maximum absolute atomic E-state index is 5.77. The topological polar surface area (TPSA) is 24.5 Å². The lowest BCUT2D eigenvalue weighted by atomic mass is 10.0. The molecule has 0 saturated heterocycles.